The summed E-state index contributed by atoms with van der Waals surface area (Å²) >= 11 is 0. The van der Waals surface area contributed by atoms with Crippen LogP contribution in [-0.2, 0) is 6.42 Å². The minimum atomic E-state index is 0.0857. The number of carbonyl (C=O) groups is 1. The molecule has 0 aliphatic heterocycles. The van der Waals surface area contributed by atoms with Gasteiger partial charge in [0.2, 0.25) is 0 Å². The van der Waals surface area contributed by atoms with E-state index in [1.165, 1.54) is 5.56 Å². The molecule has 4 heteroatoms. The number of para-hydroxylation sites is 1. The van der Waals surface area contributed by atoms with Gasteiger partial charge in [0.05, 0.1) is 12.8 Å². The maximum atomic E-state index is 12.4. The van der Waals surface area contributed by atoms with E-state index in [0.717, 1.165) is 42.1 Å². The molecule has 144 valence electrons. The van der Waals surface area contributed by atoms with Gasteiger partial charge >= 0.3 is 0 Å². The summed E-state index contributed by atoms with van der Waals surface area (Å²) in [6, 6.07) is 13.9. The summed E-state index contributed by atoms with van der Waals surface area (Å²) in [5.41, 5.74) is 4.13. The molecule has 27 heavy (non-hydrogen) atoms. The Balaban J connectivity index is 2.11. The summed E-state index contributed by atoms with van der Waals surface area (Å²) in [6.07, 6.45) is 5.04. The van der Waals surface area contributed by atoms with Crippen molar-refractivity contribution in [2.24, 2.45) is 0 Å². The van der Waals surface area contributed by atoms with Crippen LogP contribution in [0, 0.1) is 0 Å². The van der Waals surface area contributed by atoms with Crippen molar-refractivity contribution < 1.29 is 9.53 Å². The van der Waals surface area contributed by atoms with Gasteiger partial charge in [-0.2, -0.15) is 0 Å². The van der Waals surface area contributed by atoms with E-state index in [1.54, 1.807) is 7.11 Å². The molecule has 2 aromatic carbocycles. The highest BCUT2D eigenvalue weighted by atomic mass is 16.5. The Kier molecular flexibility index (Phi) is 7.47. The fraction of sp³-hybridized carbons (Fsp3) is 0.348. The second-order valence-corrected chi connectivity index (χ2v) is 6.57. The standard InChI is InChI=1S/C23H30N2O2/c1-6-25(7-2)23(26)20-16-14-18(15-17-20)10-8-11-19-12-9-13-21(27-5)22(19)24(3)4/h8-10,12-17H,6-7,11H2,1-5H3/b10-8+. The summed E-state index contributed by atoms with van der Waals surface area (Å²) in [7, 11) is 5.75. The average molecular weight is 367 g/mol. The lowest BCUT2D eigenvalue weighted by Crippen LogP contribution is -2.30. The first-order valence-electron chi connectivity index (χ1n) is 9.40. The van der Waals surface area contributed by atoms with Crippen molar-refractivity contribution >= 4 is 17.7 Å². The van der Waals surface area contributed by atoms with Gasteiger partial charge in [0, 0.05) is 32.7 Å². The van der Waals surface area contributed by atoms with E-state index < -0.39 is 0 Å². The van der Waals surface area contributed by atoms with E-state index in [0.29, 0.717) is 0 Å². The third-order valence-electron chi connectivity index (χ3n) is 4.61. The highest BCUT2D eigenvalue weighted by molar-refractivity contribution is 5.94. The van der Waals surface area contributed by atoms with E-state index in [2.05, 4.69) is 23.1 Å². The largest absolute Gasteiger partial charge is 0.495 e. The molecule has 0 unspecified atom stereocenters. The quantitative estimate of drug-likeness (QED) is 0.690. The van der Waals surface area contributed by atoms with Gasteiger partial charge in [-0.05, 0) is 49.6 Å². The minimum Gasteiger partial charge on any atom is -0.495 e. The number of anilines is 1. The lowest BCUT2D eigenvalue weighted by Gasteiger charge is -2.20. The molecule has 0 aliphatic rings. The molecule has 0 radical (unpaired) electrons. The predicted molar refractivity (Wildman–Crippen MR) is 114 cm³/mol. The second kappa shape index (κ2) is 9.81. The van der Waals surface area contributed by atoms with Gasteiger partial charge in [-0.3, -0.25) is 4.79 Å². The third-order valence-corrected chi connectivity index (χ3v) is 4.61. The average Bonchev–Trinajstić information content (AvgIpc) is 2.68. The number of allylic oxidation sites excluding steroid dienone is 1. The van der Waals surface area contributed by atoms with E-state index in [-0.39, 0.29) is 5.91 Å². The number of amides is 1. The third kappa shape index (κ3) is 5.13. The predicted octanol–water partition coefficient (Wildman–Crippen LogP) is 4.50. The first kappa shape index (κ1) is 20.6. The van der Waals surface area contributed by atoms with Crippen LogP contribution in [0.5, 0.6) is 5.75 Å². The van der Waals surface area contributed by atoms with E-state index in [1.807, 2.05) is 69.2 Å². The van der Waals surface area contributed by atoms with Crippen molar-refractivity contribution in [1.82, 2.24) is 4.90 Å². The Morgan fingerprint density at radius 2 is 1.70 bits per heavy atom. The SMILES string of the molecule is CCN(CC)C(=O)c1ccc(/C=C/Cc2cccc(OC)c2N(C)C)cc1. The molecular weight excluding hydrogens is 336 g/mol. The van der Waals surface area contributed by atoms with E-state index >= 15 is 0 Å². The van der Waals surface area contributed by atoms with Crippen molar-refractivity contribution in [1.29, 1.82) is 0 Å². The monoisotopic (exact) mass is 366 g/mol. The lowest BCUT2D eigenvalue weighted by atomic mass is 10.1. The second-order valence-electron chi connectivity index (χ2n) is 6.57. The lowest BCUT2D eigenvalue weighted by molar-refractivity contribution is 0.0773. The first-order valence-corrected chi connectivity index (χ1v) is 9.40. The maximum Gasteiger partial charge on any atom is 0.253 e. The Morgan fingerprint density at radius 3 is 2.26 bits per heavy atom. The van der Waals surface area contributed by atoms with Gasteiger partial charge in [-0.15, -0.1) is 0 Å². The fourth-order valence-electron chi connectivity index (χ4n) is 3.16. The molecule has 2 aromatic rings. The van der Waals surface area contributed by atoms with Crippen molar-refractivity contribution in [2.75, 3.05) is 39.2 Å². The van der Waals surface area contributed by atoms with Crippen LogP contribution in [0.25, 0.3) is 6.08 Å². The molecule has 0 heterocycles. The Labute approximate surface area is 163 Å². The van der Waals surface area contributed by atoms with Crippen LogP contribution in [0.4, 0.5) is 5.69 Å². The number of benzene rings is 2. The fourth-order valence-corrected chi connectivity index (χ4v) is 3.16. The van der Waals surface area contributed by atoms with Gasteiger partial charge in [0.1, 0.15) is 5.75 Å². The van der Waals surface area contributed by atoms with Crippen LogP contribution in [0.15, 0.2) is 48.5 Å². The normalized spacial score (nSPS) is 10.9. The van der Waals surface area contributed by atoms with Gasteiger partial charge in [-0.25, -0.2) is 0 Å². The summed E-state index contributed by atoms with van der Waals surface area (Å²) in [6.45, 7) is 5.45. The van der Waals surface area contributed by atoms with E-state index in [9.17, 15) is 4.79 Å². The van der Waals surface area contributed by atoms with Crippen molar-refractivity contribution in [3.05, 3.63) is 65.2 Å². The number of methoxy groups -OCH3 is 1. The summed E-state index contributed by atoms with van der Waals surface area (Å²) in [4.78, 5) is 16.3. The van der Waals surface area contributed by atoms with Crippen LogP contribution < -0.4 is 9.64 Å². The molecule has 0 saturated carbocycles. The van der Waals surface area contributed by atoms with Crippen molar-refractivity contribution in [3.63, 3.8) is 0 Å². The topological polar surface area (TPSA) is 32.8 Å². The Hall–Kier alpha value is -2.75. The van der Waals surface area contributed by atoms with Gasteiger partial charge in [0.25, 0.3) is 5.91 Å². The molecule has 0 aromatic heterocycles. The van der Waals surface area contributed by atoms with Gasteiger partial charge in [-0.1, -0.05) is 36.4 Å². The highest BCUT2D eigenvalue weighted by Crippen LogP contribution is 2.31. The summed E-state index contributed by atoms with van der Waals surface area (Å²) < 4.78 is 5.48. The van der Waals surface area contributed by atoms with Crippen LogP contribution in [0.2, 0.25) is 0 Å². The molecule has 0 N–H and O–H groups in total. The number of nitrogens with zero attached hydrogens (tertiary/aromatic N) is 2. The highest BCUT2D eigenvalue weighted by Gasteiger charge is 2.12. The smallest absolute Gasteiger partial charge is 0.253 e. The zero-order valence-electron chi connectivity index (χ0n) is 17.0. The summed E-state index contributed by atoms with van der Waals surface area (Å²) in [5.74, 6) is 0.965. The van der Waals surface area contributed by atoms with Crippen LogP contribution in [0.1, 0.15) is 35.3 Å². The van der Waals surface area contributed by atoms with Gasteiger partial charge < -0.3 is 14.5 Å². The number of ether oxygens (including phenoxy) is 1. The molecule has 0 atom stereocenters. The number of rotatable bonds is 8. The summed E-state index contributed by atoms with van der Waals surface area (Å²) in [5, 5.41) is 0. The number of carbonyl (C=O) groups excluding carboxylic acids is 1. The number of hydrogen-bond acceptors (Lipinski definition) is 3. The Bertz CT molecular complexity index is 775. The van der Waals surface area contributed by atoms with Crippen LogP contribution in [0.3, 0.4) is 0 Å². The molecule has 0 fully saturated rings. The zero-order chi connectivity index (χ0) is 19.8. The van der Waals surface area contributed by atoms with Crippen LogP contribution >= 0.6 is 0 Å². The van der Waals surface area contributed by atoms with E-state index in [4.69, 9.17) is 4.74 Å². The molecular formula is C23H30N2O2. The molecule has 2 rings (SSSR count). The first-order chi connectivity index (χ1) is 13.0. The van der Waals surface area contributed by atoms with Gasteiger partial charge in [0.15, 0.2) is 0 Å². The molecule has 0 aliphatic carbocycles. The molecule has 0 spiro atoms. The maximum absolute atomic E-state index is 12.4. The molecule has 0 bridgehead atoms. The van der Waals surface area contributed by atoms with Crippen molar-refractivity contribution in [3.8, 4) is 5.75 Å². The minimum absolute atomic E-state index is 0.0857. The molecule has 1 amide bonds. The van der Waals surface area contributed by atoms with Crippen LogP contribution in [-0.4, -0.2) is 45.1 Å². The van der Waals surface area contributed by atoms with Crippen molar-refractivity contribution in [2.45, 2.75) is 20.3 Å². The zero-order valence-corrected chi connectivity index (χ0v) is 17.0. The molecule has 0 saturated heterocycles. The Morgan fingerprint density at radius 1 is 1.04 bits per heavy atom. The number of hydrogen-bond donors (Lipinski definition) is 0. The molecule has 4 nitrogen and oxygen atoms in total.